The van der Waals surface area contributed by atoms with Crippen LogP contribution in [0.2, 0.25) is 0 Å². The van der Waals surface area contributed by atoms with Gasteiger partial charge in [-0.25, -0.2) is 15.0 Å². The molecule has 3 heterocycles. The number of aromatic nitrogens is 5. The molecule has 7 heteroatoms. The molecule has 0 bridgehead atoms. The first-order valence-electron chi connectivity index (χ1n) is 7.11. The van der Waals surface area contributed by atoms with Crippen LogP contribution < -0.4 is 9.47 Å². The molecule has 0 amide bonds. The van der Waals surface area contributed by atoms with Crippen molar-refractivity contribution in [1.82, 2.24) is 24.5 Å². The van der Waals surface area contributed by atoms with Crippen LogP contribution in [0.5, 0.6) is 11.5 Å². The monoisotopic (exact) mass is 309 g/mol. The number of ether oxygens (including phenoxy) is 2. The summed E-state index contributed by atoms with van der Waals surface area (Å²) >= 11 is 0. The molecule has 0 atom stereocenters. The first-order chi connectivity index (χ1) is 11.2. The van der Waals surface area contributed by atoms with E-state index in [9.17, 15) is 0 Å². The minimum absolute atomic E-state index is 0.649. The van der Waals surface area contributed by atoms with Crippen molar-refractivity contribution in [2.24, 2.45) is 0 Å². The zero-order valence-corrected chi connectivity index (χ0v) is 13.0. The number of hydrogen-bond donors (Lipinski definition) is 1. The van der Waals surface area contributed by atoms with E-state index in [2.05, 4.69) is 19.9 Å². The van der Waals surface area contributed by atoms with Gasteiger partial charge in [-0.05, 0) is 13.0 Å². The van der Waals surface area contributed by atoms with Gasteiger partial charge in [0, 0.05) is 17.8 Å². The van der Waals surface area contributed by atoms with Crippen molar-refractivity contribution >= 4 is 22.1 Å². The number of imidazole rings is 1. The molecule has 0 aliphatic heterocycles. The zero-order valence-electron chi connectivity index (χ0n) is 13.0. The fourth-order valence-corrected chi connectivity index (χ4v) is 2.75. The number of methoxy groups -OCH3 is 2. The van der Waals surface area contributed by atoms with E-state index >= 15 is 0 Å². The largest absolute Gasteiger partial charge is 0.493 e. The molecule has 0 saturated heterocycles. The number of aromatic amines is 1. The van der Waals surface area contributed by atoms with Crippen LogP contribution in [-0.4, -0.2) is 38.7 Å². The lowest BCUT2D eigenvalue weighted by atomic mass is 10.2. The van der Waals surface area contributed by atoms with Crippen molar-refractivity contribution in [3.63, 3.8) is 0 Å². The minimum Gasteiger partial charge on any atom is -0.493 e. The number of nitrogens with zero attached hydrogens (tertiary/aromatic N) is 4. The molecule has 0 radical (unpaired) electrons. The lowest BCUT2D eigenvalue weighted by molar-refractivity contribution is 0.355. The van der Waals surface area contributed by atoms with Crippen LogP contribution in [0.25, 0.3) is 27.9 Å². The third-order valence-electron chi connectivity index (χ3n) is 3.82. The average molecular weight is 309 g/mol. The molecule has 4 aromatic rings. The van der Waals surface area contributed by atoms with Crippen LogP contribution in [0, 0.1) is 6.92 Å². The van der Waals surface area contributed by atoms with Gasteiger partial charge in [0.1, 0.15) is 18.3 Å². The number of aryl methyl sites for hydroxylation is 1. The summed E-state index contributed by atoms with van der Waals surface area (Å²) < 4.78 is 12.6. The summed E-state index contributed by atoms with van der Waals surface area (Å²) in [6, 6.07) is 5.78. The maximum atomic E-state index is 5.39. The molecule has 0 spiro atoms. The molecule has 0 aliphatic carbocycles. The van der Waals surface area contributed by atoms with E-state index in [0.717, 1.165) is 33.6 Å². The van der Waals surface area contributed by atoms with Gasteiger partial charge < -0.3 is 14.5 Å². The molecular weight excluding hydrogens is 294 g/mol. The molecule has 0 unspecified atom stereocenters. The molecule has 1 aromatic carbocycles. The van der Waals surface area contributed by atoms with E-state index < -0.39 is 0 Å². The summed E-state index contributed by atoms with van der Waals surface area (Å²) in [5, 5.41) is 0.944. The predicted molar refractivity (Wildman–Crippen MR) is 86.4 cm³/mol. The van der Waals surface area contributed by atoms with Crippen molar-refractivity contribution in [3.05, 3.63) is 36.5 Å². The van der Waals surface area contributed by atoms with Gasteiger partial charge in [-0.15, -0.1) is 0 Å². The average Bonchev–Trinajstić information content (AvgIpc) is 3.14. The van der Waals surface area contributed by atoms with E-state index in [4.69, 9.17) is 9.47 Å². The third-order valence-corrected chi connectivity index (χ3v) is 3.82. The first kappa shape index (κ1) is 13.6. The number of rotatable bonds is 3. The van der Waals surface area contributed by atoms with E-state index in [1.165, 1.54) is 0 Å². The van der Waals surface area contributed by atoms with Crippen LogP contribution in [0.4, 0.5) is 0 Å². The lowest BCUT2D eigenvalue weighted by Crippen LogP contribution is -1.98. The molecule has 0 fully saturated rings. The summed E-state index contributed by atoms with van der Waals surface area (Å²) in [4.78, 5) is 16.4. The smallest absolute Gasteiger partial charge is 0.163 e. The van der Waals surface area contributed by atoms with Gasteiger partial charge in [-0.3, -0.25) is 4.57 Å². The highest BCUT2D eigenvalue weighted by molar-refractivity contribution is 5.88. The first-order valence-corrected chi connectivity index (χ1v) is 7.11. The number of hydrogen-bond acceptors (Lipinski definition) is 5. The fourth-order valence-electron chi connectivity index (χ4n) is 2.75. The Hall–Kier alpha value is -3.09. The van der Waals surface area contributed by atoms with Gasteiger partial charge in [0.15, 0.2) is 17.3 Å². The summed E-state index contributed by atoms with van der Waals surface area (Å²) in [5.41, 5.74) is 3.53. The lowest BCUT2D eigenvalue weighted by Gasteiger charge is -2.09. The Balaban J connectivity index is 2.01. The van der Waals surface area contributed by atoms with Gasteiger partial charge >= 0.3 is 0 Å². The summed E-state index contributed by atoms with van der Waals surface area (Å²) in [6.07, 6.45) is 3.29. The van der Waals surface area contributed by atoms with E-state index in [1.807, 2.05) is 29.7 Å². The van der Waals surface area contributed by atoms with Gasteiger partial charge in [-0.1, -0.05) is 0 Å². The van der Waals surface area contributed by atoms with Crippen LogP contribution in [0.1, 0.15) is 5.69 Å². The predicted octanol–water partition coefficient (Wildman–Crippen LogP) is 2.62. The highest BCUT2D eigenvalue weighted by Crippen LogP contribution is 2.33. The summed E-state index contributed by atoms with van der Waals surface area (Å²) in [5.74, 6) is 2.07. The standard InChI is InChI=1S/C16H15N5O2/c1-9-4-10-15(20-9)17-7-18-16(10)21-8-19-11-5-13(22-2)14(23-3)6-12(11)21/h4-8H,1-3H3,(H,17,18,20). The second-order valence-electron chi connectivity index (χ2n) is 5.22. The molecule has 1 N–H and O–H groups in total. The third kappa shape index (κ3) is 2.01. The Morgan fingerprint density at radius 3 is 2.57 bits per heavy atom. The number of H-pyrrole nitrogens is 1. The van der Waals surface area contributed by atoms with Gasteiger partial charge in [0.2, 0.25) is 0 Å². The van der Waals surface area contributed by atoms with Crippen LogP contribution in [0.3, 0.4) is 0 Å². The minimum atomic E-state index is 0.649. The molecule has 0 saturated carbocycles. The molecule has 4 rings (SSSR count). The number of benzene rings is 1. The number of nitrogens with one attached hydrogen (secondary N) is 1. The highest BCUT2D eigenvalue weighted by atomic mass is 16.5. The molecule has 7 nitrogen and oxygen atoms in total. The zero-order chi connectivity index (χ0) is 16.0. The van der Waals surface area contributed by atoms with Crippen molar-refractivity contribution in [3.8, 4) is 17.3 Å². The maximum Gasteiger partial charge on any atom is 0.163 e. The highest BCUT2D eigenvalue weighted by Gasteiger charge is 2.14. The van der Waals surface area contributed by atoms with Gasteiger partial charge in [0.05, 0.1) is 30.6 Å². The van der Waals surface area contributed by atoms with Crippen molar-refractivity contribution < 1.29 is 9.47 Å². The fraction of sp³-hybridized carbons (Fsp3) is 0.188. The van der Waals surface area contributed by atoms with Crippen molar-refractivity contribution in [1.29, 1.82) is 0 Å². The molecule has 0 aliphatic rings. The van der Waals surface area contributed by atoms with Gasteiger partial charge in [-0.2, -0.15) is 0 Å². The quantitative estimate of drug-likeness (QED) is 0.629. The Labute approximate surface area is 131 Å². The summed E-state index contributed by atoms with van der Waals surface area (Å²) in [6.45, 7) is 1.99. The SMILES string of the molecule is COc1cc2ncn(-c3ncnc4[nH]c(C)cc34)c2cc1OC. The van der Waals surface area contributed by atoms with Crippen molar-refractivity contribution in [2.75, 3.05) is 14.2 Å². The molecule has 116 valence electrons. The van der Waals surface area contributed by atoms with E-state index in [1.54, 1.807) is 26.9 Å². The van der Waals surface area contributed by atoms with Crippen LogP contribution in [0.15, 0.2) is 30.9 Å². The number of fused-ring (bicyclic) bond motifs is 2. The van der Waals surface area contributed by atoms with Crippen LogP contribution in [-0.2, 0) is 0 Å². The Morgan fingerprint density at radius 1 is 1.00 bits per heavy atom. The van der Waals surface area contributed by atoms with Gasteiger partial charge in [0.25, 0.3) is 0 Å². The Morgan fingerprint density at radius 2 is 1.78 bits per heavy atom. The normalized spacial score (nSPS) is 11.3. The van der Waals surface area contributed by atoms with E-state index in [0.29, 0.717) is 11.5 Å². The van der Waals surface area contributed by atoms with Crippen LogP contribution >= 0.6 is 0 Å². The Kier molecular flexibility index (Phi) is 2.94. The van der Waals surface area contributed by atoms with Crippen molar-refractivity contribution in [2.45, 2.75) is 6.92 Å². The maximum absolute atomic E-state index is 5.39. The molecular formula is C16H15N5O2. The molecule has 23 heavy (non-hydrogen) atoms. The van der Waals surface area contributed by atoms with E-state index in [-0.39, 0.29) is 0 Å². The second kappa shape index (κ2) is 4.98. The second-order valence-corrected chi connectivity index (χ2v) is 5.22. The topological polar surface area (TPSA) is 77.9 Å². The Bertz CT molecular complexity index is 1020. The molecule has 3 aromatic heterocycles. The summed E-state index contributed by atoms with van der Waals surface area (Å²) in [7, 11) is 3.22.